The van der Waals surface area contributed by atoms with E-state index in [4.69, 9.17) is 0 Å². The van der Waals surface area contributed by atoms with E-state index in [9.17, 15) is 29.2 Å². The Balaban J connectivity index is 1.04. The summed E-state index contributed by atoms with van der Waals surface area (Å²) in [5, 5.41) is 16.0. The number of anilines is 4. The van der Waals surface area contributed by atoms with Gasteiger partial charge in [0.1, 0.15) is 24.2 Å². The second kappa shape index (κ2) is 17.1. The Kier molecular flexibility index (Phi) is 11.8. The number of urea groups is 1. The SMILES string of the molecule is CNC(=O)C(CCC=O)N(C)C(=O)c1cc(N2CCN(c3ccc(NC(=O)N4CCN(c5ccc(C#N)c6ncccc56)C(C)C4)cn3)CC2)ccc1C=O. The largest absolute Gasteiger partial charge is 0.368 e. The van der Waals surface area contributed by atoms with Crippen LogP contribution in [0.4, 0.5) is 27.7 Å². The summed E-state index contributed by atoms with van der Waals surface area (Å²) in [6.07, 6.45) is 4.96. The number of fused-ring (bicyclic) bond motifs is 1. The average Bonchev–Trinajstić information content (AvgIpc) is 3.23. The molecule has 6 rings (SSSR count). The summed E-state index contributed by atoms with van der Waals surface area (Å²) in [5.74, 6) is -0.0998. The highest BCUT2D eigenvalue weighted by atomic mass is 16.2. The van der Waals surface area contributed by atoms with Gasteiger partial charge in [-0.15, -0.1) is 0 Å². The molecule has 0 spiro atoms. The summed E-state index contributed by atoms with van der Waals surface area (Å²) >= 11 is 0. The molecule has 0 radical (unpaired) electrons. The van der Waals surface area contributed by atoms with Crippen molar-refractivity contribution >= 4 is 64.2 Å². The van der Waals surface area contributed by atoms with Gasteiger partial charge < -0.3 is 39.9 Å². The van der Waals surface area contributed by atoms with Crippen molar-refractivity contribution < 1.29 is 24.0 Å². The van der Waals surface area contributed by atoms with Gasteiger partial charge in [-0.2, -0.15) is 5.26 Å². The van der Waals surface area contributed by atoms with Crippen LogP contribution in [0, 0.1) is 11.3 Å². The number of pyridine rings is 2. The predicted octanol–water partition coefficient (Wildman–Crippen LogP) is 3.55. The van der Waals surface area contributed by atoms with Crippen LogP contribution in [0.2, 0.25) is 0 Å². The number of aldehydes is 2. The summed E-state index contributed by atoms with van der Waals surface area (Å²) in [5.41, 5.74) is 3.97. The van der Waals surface area contributed by atoms with Crippen molar-refractivity contribution in [2.24, 2.45) is 0 Å². The molecule has 15 nitrogen and oxygen atoms in total. The quantitative estimate of drug-likeness (QED) is 0.215. The third-order valence-electron chi connectivity index (χ3n) is 10.3. The highest BCUT2D eigenvalue weighted by molar-refractivity contribution is 6.04. The molecule has 0 saturated carbocycles. The number of hydrogen-bond acceptors (Lipinski definition) is 11. The molecule has 4 heterocycles. The lowest BCUT2D eigenvalue weighted by Crippen LogP contribution is -2.54. The lowest BCUT2D eigenvalue weighted by Gasteiger charge is -2.41. The number of piperazine rings is 2. The topological polar surface area (TPSA) is 175 Å². The number of nitrogens with zero attached hydrogens (tertiary/aromatic N) is 8. The molecule has 2 aromatic carbocycles. The Bertz CT molecular complexity index is 2110. The van der Waals surface area contributed by atoms with E-state index in [1.807, 2.05) is 36.4 Å². The molecule has 2 N–H and O–H groups in total. The zero-order chi connectivity index (χ0) is 39.1. The Hall–Kier alpha value is -6.56. The minimum Gasteiger partial charge on any atom is -0.368 e. The third-order valence-corrected chi connectivity index (χ3v) is 10.3. The van der Waals surface area contributed by atoms with Gasteiger partial charge in [0, 0.05) is 101 Å². The van der Waals surface area contributed by atoms with E-state index in [0.29, 0.717) is 75.2 Å². The van der Waals surface area contributed by atoms with Crippen molar-refractivity contribution in [2.75, 3.05) is 79.9 Å². The molecule has 2 saturated heterocycles. The highest BCUT2D eigenvalue weighted by Gasteiger charge is 2.30. The van der Waals surface area contributed by atoms with Crippen molar-refractivity contribution in [2.45, 2.75) is 31.8 Å². The van der Waals surface area contributed by atoms with Crippen LogP contribution >= 0.6 is 0 Å². The van der Waals surface area contributed by atoms with Crippen LogP contribution in [0.5, 0.6) is 0 Å². The Morgan fingerprint density at radius 3 is 2.45 bits per heavy atom. The number of likely N-dealkylation sites (N-methyl/N-ethyl adjacent to an activating group) is 2. The predicted molar refractivity (Wildman–Crippen MR) is 210 cm³/mol. The van der Waals surface area contributed by atoms with Crippen LogP contribution in [0.25, 0.3) is 10.9 Å². The number of benzene rings is 2. The van der Waals surface area contributed by atoms with E-state index < -0.39 is 11.9 Å². The first-order chi connectivity index (χ1) is 26.7. The van der Waals surface area contributed by atoms with Crippen LogP contribution < -0.4 is 25.3 Å². The molecule has 2 atom stereocenters. The van der Waals surface area contributed by atoms with Crippen molar-refractivity contribution in [3.63, 3.8) is 0 Å². The van der Waals surface area contributed by atoms with Crippen molar-refractivity contribution in [1.29, 1.82) is 5.26 Å². The fraction of sp³-hybridized carbons (Fsp3) is 0.350. The van der Waals surface area contributed by atoms with Crippen molar-refractivity contribution in [3.8, 4) is 6.07 Å². The molecular weight excluding hydrogens is 701 g/mol. The van der Waals surface area contributed by atoms with E-state index in [1.54, 1.807) is 35.5 Å². The average molecular weight is 745 g/mol. The van der Waals surface area contributed by atoms with Crippen LogP contribution in [0.1, 0.15) is 46.0 Å². The molecule has 15 heteroatoms. The highest BCUT2D eigenvalue weighted by Crippen LogP contribution is 2.31. The lowest BCUT2D eigenvalue weighted by molar-refractivity contribution is -0.125. The second-order valence-corrected chi connectivity index (χ2v) is 13.6. The molecule has 2 unspecified atom stereocenters. The lowest BCUT2D eigenvalue weighted by atomic mass is 10.0. The maximum absolute atomic E-state index is 13.6. The zero-order valence-corrected chi connectivity index (χ0v) is 31.1. The standard InChI is InChI=1S/C40H44N10O5/c1-27-25-49(19-20-50(27)34-12-9-28(23-41)37-32(34)6-4-14-43-37)40(55)45-30-10-13-36(44-24-30)48-17-15-47(16-18-48)31-11-8-29(26-52)33(22-31)39(54)46(3)35(7-5-21-51)38(53)42-2/h4,6,8-14,21-22,24,26-27,35H,5,7,15-20,25H2,1-3H3,(H,42,53)(H,45,55). The number of aromatic nitrogens is 2. The normalized spacial score (nSPS) is 16.2. The van der Waals surface area contributed by atoms with E-state index in [0.717, 1.165) is 22.6 Å². The first kappa shape index (κ1) is 38.2. The van der Waals surface area contributed by atoms with Crippen LogP contribution in [-0.2, 0) is 9.59 Å². The molecule has 2 aliphatic heterocycles. The van der Waals surface area contributed by atoms with Gasteiger partial charge in [-0.05, 0) is 67.9 Å². The third kappa shape index (κ3) is 8.18. The monoisotopic (exact) mass is 744 g/mol. The maximum Gasteiger partial charge on any atom is 0.322 e. The van der Waals surface area contributed by atoms with Gasteiger partial charge >= 0.3 is 6.03 Å². The minimum atomic E-state index is -0.860. The van der Waals surface area contributed by atoms with Crippen LogP contribution in [-0.4, -0.2) is 122 Å². The van der Waals surface area contributed by atoms with E-state index >= 15 is 0 Å². The number of carbonyl (C=O) groups is 5. The number of hydrogen-bond donors (Lipinski definition) is 2. The smallest absolute Gasteiger partial charge is 0.322 e. The van der Waals surface area contributed by atoms with Crippen LogP contribution in [0.15, 0.2) is 67.0 Å². The fourth-order valence-corrected chi connectivity index (χ4v) is 7.30. The van der Waals surface area contributed by atoms with Gasteiger partial charge in [0.25, 0.3) is 5.91 Å². The molecule has 2 aromatic heterocycles. The fourth-order valence-electron chi connectivity index (χ4n) is 7.30. The van der Waals surface area contributed by atoms with E-state index in [-0.39, 0.29) is 41.9 Å². The molecule has 4 aromatic rings. The van der Waals surface area contributed by atoms with Crippen molar-refractivity contribution in [1.82, 2.24) is 25.1 Å². The molecule has 0 aliphatic carbocycles. The molecule has 4 amide bonds. The summed E-state index contributed by atoms with van der Waals surface area (Å²) < 4.78 is 0. The van der Waals surface area contributed by atoms with E-state index in [2.05, 4.69) is 48.3 Å². The first-order valence-corrected chi connectivity index (χ1v) is 18.2. The number of rotatable bonds is 11. The molecule has 284 valence electrons. The molecule has 2 aliphatic rings. The molecule has 0 bridgehead atoms. The number of nitriles is 1. The van der Waals surface area contributed by atoms with Gasteiger partial charge in [0.15, 0.2) is 6.29 Å². The second-order valence-electron chi connectivity index (χ2n) is 13.6. The molecular formula is C40H44N10O5. The Morgan fingerprint density at radius 1 is 1.00 bits per heavy atom. The van der Waals surface area contributed by atoms with Gasteiger partial charge in [0.2, 0.25) is 5.91 Å². The summed E-state index contributed by atoms with van der Waals surface area (Å²) in [4.78, 5) is 81.0. The molecule has 55 heavy (non-hydrogen) atoms. The number of carbonyl (C=O) groups excluding carboxylic acids is 5. The van der Waals surface area contributed by atoms with E-state index in [1.165, 1.54) is 19.0 Å². The minimum absolute atomic E-state index is 0.0342. The Labute approximate surface area is 319 Å². The first-order valence-electron chi connectivity index (χ1n) is 18.2. The zero-order valence-electron chi connectivity index (χ0n) is 31.1. The van der Waals surface area contributed by atoms with Gasteiger partial charge in [-0.1, -0.05) is 0 Å². The summed E-state index contributed by atoms with van der Waals surface area (Å²) in [7, 11) is 2.97. The number of nitrogens with one attached hydrogen (secondary N) is 2. The summed E-state index contributed by atoms with van der Waals surface area (Å²) in [6.45, 7) is 6.30. The van der Waals surface area contributed by atoms with Gasteiger partial charge in [-0.3, -0.25) is 19.4 Å². The Morgan fingerprint density at radius 2 is 1.78 bits per heavy atom. The molecule has 2 fully saturated rings. The van der Waals surface area contributed by atoms with Gasteiger partial charge in [-0.25, -0.2) is 9.78 Å². The van der Waals surface area contributed by atoms with Crippen LogP contribution in [0.3, 0.4) is 0 Å². The van der Waals surface area contributed by atoms with Gasteiger partial charge in [0.05, 0.1) is 28.5 Å². The summed E-state index contributed by atoms with van der Waals surface area (Å²) in [6, 6.07) is 17.6. The number of amides is 4. The maximum atomic E-state index is 13.6. The van der Waals surface area contributed by atoms with Crippen molar-refractivity contribution in [3.05, 3.63) is 83.7 Å².